The molecule has 0 spiro atoms. The van der Waals surface area contributed by atoms with Crippen molar-refractivity contribution in [2.45, 2.75) is 13.8 Å². The van der Waals surface area contributed by atoms with Gasteiger partial charge in [0.15, 0.2) is 17.3 Å². The molecule has 0 heterocycles. The molecule has 0 saturated carbocycles. The Balaban J connectivity index is 2.23. The van der Waals surface area contributed by atoms with Gasteiger partial charge in [-0.1, -0.05) is 29.8 Å². The van der Waals surface area contributed by atoms with Gasteiger partial charge in [-0.15, -0.1) is 0 Å². The van der Waals surface area contributed by atoms with Crippen LogP contribution < -0.4 is 9.47 Å². The Bertz CT molecular complexity index is 715. The molecule has 0 atom stereocenters. The first-order valence-corrected chi connectivity index (χ1v) is 7.07. The number of hydrogen-bond donors (Lipinski definition) is 0. The Kier molecular flexibility index (Phi) is 4.99. The summed E-state index contributed by atoms with van der Waals surface area (Å²) in [5, 5.41) is 0. The number of hydrogen-bond acceptors (Lipinski definition) is 3. The molecule has 0 N–H and O–H groups in total. The normalized spacial score (nSPS) is 10.7. The zero-order valence-corrected chi connectivity index (χ0v) is 13.3. The van der Waals surface area contributed by atoms with E-state index in [0.717, 1.165) is 11.1 Å². The summed E-state index contributed by atoms with van der Waals surface area (Å²) in [5.74, 6) is 1.09. The molecule has 0 aliphatic carbocycles. The molecule has 22 heavy (non-hydrogen) atoms. The predicted molar refractivity (Wildman–Crippen MR) is 88.8 cm³/mol. The molecule has 0 radical (unpaired) electrons. The fraction of sp³-hybridized carbons (Fsp3) is 0.211. The number of carbonyl (C=O) groups is 1. The van der Waals surface area contributed by atoms with Crippen LogP contribution in [0.15, 0.2) is 42.5 Å². The van der Waals surface area contributed by atoms with Gasteiger partial charge < -0.3 is 9.47 Å². The summed E-state index contributed by atoms with van der Waals surface area (Å²) in [6.45, 7) is 4.09. The van der Waals surface area contributed by atoms with Crippen LogP contribution in [0, 0.1) is 13.8 Å². The second-order valence-corrected chi connectivity index (χ2v) is 5.13. The van der Waals surface area contributed by atoms with Crippen molar-refractivity contribution in [2.24, 2.45) is 0 Å². The second-order valence-electron chi connectivity index (χ2n) is 5.13. The van der Waals surface area contributed by atoms with Crippen molar-refractivity contribution >= 4 is 11.9 Å². The maximum Gasteiger partial charge on any atom is 0.185 e. The van der Waals surface area contributed by atoms with E-state index in [1.165, 1.54) is 5.56 Å². The zero-order chi connectivity index (χ0) is 16.1. The fourth-order valence-electron chi connectivity index (χ4n) is 2.26. The van der Waals surface area contributed by atoms with Gasteiger partial charge in [-0.25, -0.2) is 0 Å². The van der Waals surface area contributed by atoms with Crippen molar-refractivity contribution in [3.05, 3.63) is 64.7 Å². The number of ketones is 1. The van der Waals surface area contributed by atoms with Crippen LogP contribution in [0.25, 0.3) is 6.08 Å². The standard InChI is InChI=1S/C19H20O3/c1-13-5-6-15(14(2)11-13)7-9-17(20)16-8-10-18(21-3)19(12-16)22-4/h5-12H,1-4H3. The molecule has 3 nitrogen and oxygen atoms in total. The van der Waals surface area contributed by atoms with Crippen LogP contribution in [0.3, 0.4) is 0 Å². The van der Waals surface area contributed by atoms with Gasteiger partial charge in [-0.05, 0) is 49.2 Å². The topological polar surface area (TPSA) is 35.5 Å². The lowest BCUT2D eigenvalue weighted by atomic mass is 10.0. The van der Waals surface area contributed by atoms with E-state index in [4.69, 9.17) is 9.47 Å². The van der Waals surface area contributed by atoms with Crippen molar-refractivity contribution in [3.63, 3.8) is 0 Å². The van der Waals surface area contributed by atoms with Crippen molar-refractivity contribution in [1.29, 1.82) is 0 Å². The molecule has 0 amide bonds. The summed E-state index contributed by atoms with van der Waals surface area (Å²) in [6.07, 6.45) is 3.42. The first-order chi connectivity index (χ1) is 10.5. The maximum atomic E-state index is 12.3. The van der Waals surface area contributed by atoms with Crippen LogP contribution in [0.5, 0.6) is 11.5 Å². The molecule has 0 saturated heterocycles. The van der Waals surface area contributed by atoms with Crippen molar-refractivity contribution in [3.8, 4) is 11.5 Å². The zero-order valence-electron chi connectivity index (χ0n) is 13.3. The monoisotopic (exact) mass is 296 g/mol. The lowest BCUT2D eigenvalue weighted by Gasteiger charge is -2.08. The highest BCUT2D eigenvalue weighted by atomic mass is 16.5. The molecule has 0 fully saturated rings. The highest BCUT2D eigenvalue weighted by Gasteiger charge is 2.08. The second kappa shape index (κ2) is 6.94. The molecule has 0 aromatic heterocycles. The third-order valence-electron chi connectivity index (χ3n) is 3.51. The minimum Gasteiger partial charge on any atom is -0.493 e. The van der Waals surface area contributed by atoms with Crippen LogP contribution in [0.1, 0.15) is 27.0 Å². The molecule has 3 heteroatoms. The quantitative estimate of drug-likeness (QED) is 0.612. The minimum atomic E-state index is -0.0686. The first kappa shape index (κ1) is 15.8. The molecule has 0 aliphatic heterocycles. The van der Waals surface area contributed by atoms with Crippen LogP contribution in [0.2, 0.25) is 0 Å². The number of carbonyl (C=O) groups excluding carboxylic acids is 1. The van der Waals surface area contributed by atoms with Crippen molar-refractivity contribution < 1.29 is 14.3 Å². The summed E-state index contributed by atoms with van der Waals surface area (Å²) in [5.41, 5.74) is 3.97. The van der Waals surface area contributed by atoms with E-state index >= 15 is 0 Å². The number of benzene rings is 2. The minimum absolute atomic E-state index is 0.0686. The smallest absolute Gasteiger partial charge is 0.185 e. The Morgan fingerprint density at radius 2 is 1.68 bits per heavy atom. The number of allylic oxidation sites excluding steroid dienone is 1. The molecular formula is C19H20O3. The van der Waals surface area contributed by atoms with E-state index in [1.807, 2.05) is 25.1 Å². The summed E-state index contributed by atoms with van der Waals surface area (Å²) in [6, 6.07) is 11.3. The molecule has 114 valence electrons. The Morgan fingerprint density at radius 3 is 2.32 bits per heavy atom. The van der Waals surface area contributed by atoms with E-state index in [-0.39, 0.29) is 5.78 Å². The molecule has 2 aromatic rings. The highest BCUT2D eigenvalue weighted by molar-refractivity contribution is 6.07. The number of rotatable bonds is 5. The molecule has 0 bridgehead atoms. The Morgan fingerprint density at radius 1 is 0.955 bits per heavy atom. The lowest BCUT2D eigenvalue weighted by Crippen LogP contribution is -1.97. The number of ether oxygens (including phenoxy) is 2. The van der Waals surface area contributed by atoms with Crippen molar-refractivity contribution in [1.82, 2.24) is 0 Å². The Labute approximate surface area is 131 Å². The van der Waals surface area contributed by atoms with Gasteiger partial charge in [-0.2, -0.15) is 0 Å². The fourth-order valence-corrected chi connectivity index (χ4v) is 2.26. The molecule has 0 aliphatic rings. The summed E-state index contributed by atoms with van der Waals surface area (Å²) in [4.78, 5) is 12.3. The largest absolute Gasteiger partial charge is 0.493 e. The number of methoxy groups -OCH3 is 2. The van der Waals surface area contributed by atoms with E-state index in [1.54, 1.807) is 38.5 Å². The summed E-state index contributed by atoms with van der Waals surface area (Å²) >= 11 is 0. The van der Waals surface area contributed by atoms with E-state index < -0.39 is 0 Å². The van der Waals surface area contributed by atoms with Crippen LogP contribution in [-0.4, -0.2) is 20.0 Å². The van der Waals surface area contributed by atoms with Gasteiger partial charge in [0.25, 0.3) is 0 Å². The third-order valence-corrected chi connectivity index (χ3v) is 3.51. The van der Waals surface area contributed by atoms with Crippen LogP contribution in [-0.2, 0) is 0 Å². The van der Waals surface area contributed by atoms with Crippen LogP contribution >= 0.6 is 0 Å². The first-order valence-electron chi connectivity index (χ1n) is 7.07. The summed E-state index contributed by atoms with van der Waals surface area (Å²) < 4.78 is 10.4. The Hall–Kier alpha value is -2.55. The van der Waals surface area contributed by atoms with Gasteiger partial charge in [0, 0.05) is 5.56 Å². The van der Waals surface area contributed by atoms with E-state index in [0.29, 0.717) is 17.1 Å². The predicted octanol–water partition coefficient (Wildman–Crippen LogP) is 4.22. The van der Waals surface area contributed by atoms with E-state index in [9.17, 15) is 4.79 Å². The van der Waals surface area contributed by atoms with Gasteiger partial charge in [0.2, 0.25) is 0 Å². The average molecular weight is 296 g/mol. The molecular weight excluding hydrogens is 276 g/mol. The van der Waals surface area contributed by atoms with Gasteiger partial charge >= 0.3 is 0 Å². The number of aryl methyl sites for hydroxylation is 2. The van der Waals surface area contributed by atoms with E-state index in [2.05, 4.69) is 13.0 Å². The summed E-state index contributed by atoms with van der Waals surface area (Å²) in [7, 11) is 3.12. The lowest BCUT2D eigenvalue weighted by molar-refractivity contribution is 0.104. The van der Waals surface area contributed by atoms with Crippen LogP contribution in [0.4, 0.5) is 0 Å². The highest BCUT2D eigenvalue weighted by Crippen LogP contribution is 2.27. The average Bonchev–Trinajstić information content (AvgIpc) is 2.53. The molecule has 2 aromatic carbocycles. The van der Waals surface area contributed by atoms with Gasteiger partial charge in [-0.3, -0.25) is 4.79 Å². The maximum absolute atomic E-state index is 12.3. The SMILES string of the molecule is COc1ccc(C(=O)C=Cc2ccc(C)cc2C)cc1OC. The van der Waals surface area contributed by atoms with Crippen molar-refractivity contribution in [2.75, 3.05) is 14.2 Å². The molecule has 0 unspecified atom stereocenters. The van der Waals surface area contributed by atoms with Gasteiger partial charge in [0.1, 0.15) is 0 Å². The third kappa shape index (κ3) is 3.55. The van der Waals surface area contributed by atoms with Gasteiger partial charge in [0.05, 0.1) is 14.2 Å². The molecule has 2 rings (SSSR count).